The minimum Gasteiger partial charge on any atom is -0.493 e. The van der Waals surface area contributed by atoms with Crippen molar-refractivity contribution in [3.8, 4) is 28.3 Å². The van der Waals surface area contributed by atoms with Gasteiger partial charge in [0.15, 0.2) is 0 Å². The van der Waals surface area contributed by atoms with Crippen molar-refractivity contribution >= 4 is 0 Å². The number of nitrogens with zero attached hydrogens (tertiary/aromatic N) is 2. The van der Waals surface area contributed by atoms with Crippen LogP contribution >= 0.6 is 0 Å². The van der Waals surface area contributed by atoms with E-state index in [4.69, 9.17) is 5.10 Å². The number of hydrogen-bond acceptors (Lipinski definition) is 2. The molecule has 1 heterocycles. The van der Waals surface area contributed by atoms with Crippen LogP contribution in [0.3, 0.4) is 0 Å². The van der Waals surface area contributed by atoms with Crippen LogP contribution < -0.4 is 0 Å². The van der Waals surface area contributed by atoms with E-state index in [1.165, 1.54) is 0 Å². The second-order valence-electron chi connectivity index (χ2n) is 6.30. The van der Waals surface area contributed by atoms with Gasteiger partial charge in [-0.1, -0.05) is 68.4 Å². The molecule has 3 rings (SSSR count). The van der Waals surface area contributed by atoms with Crippen molar-refractivity contribution in [2.24, 2.45) is 5.92 Å². The Morgan fingerprint density at radius 2 is 1.65 bits per heavy atom. The first kappa shape index (κ1) is 15.3. The number of aromatic hydroxyl groups is 1. The fourth-order valence-electron chi connectivity index (χ4n) is 2.82. The highest BCUT2D eigenvalue weighted by Crippen LogP contribution is 2.39. The highest BCUT2D eigenvalue weighted by molar-refractivity contribution is 5.85. The molecule has 0 atom stereocenters. The summed E-state index contributed by atoms with van der Waals surface area (Å²) < 4.78 is 1.72. The average molecular weight is 306 g/mol. The third-order valence-corrected chi connectivity index (χ3v) is 3.93. The number of aryl methyl sites for hydroxylation is 1. The van der Waals surface area contributed by atoms with Crippen molar-refractivity contribution < 1.29 is 5.11 Å². The van der Waals surface area contributed by atoms with Gasteiger partial charge in [-0.3, -0.25) is 0 Å². The van der Waals surface area contributed by atoms with Crippen molar-refractivity contribution in [3.63, 3.8) is 0 Å². The second kappa shape index (κ2) is 6.29. The Hall–Kier alpha value is -2.55. The molecule has 0 aliphatic carbocycles. The zero-order valence-corrected chi connectivity index (χ0v) is 13.8. The van der Waals surface area contributed by atoms with Crippen LogP contribution in [-0.4, -0.2) is 14.9 Å². The lowest BCUT2D eigenvalue weighted by atomic mass is 9.98. The molecule has 0 spiro atoms. The van der Waals surface area contributed by atoms with Gasteiger partial charge in [0.1, 0.15) is 5.69 Å². The number of rotatable bonds is 4. The van der Waals surface area contributed by atoms with Crippen LogP contribution in [0.25, 0.3) is 22.4 Å². The van der Waals surface area contributed by atoms with Gasteiger partial charge in [-0.2, -0.15) is 5.10 Å². The SMILES string of the molecule is Cc1ccccc1-c1nn(CC(C)C)c(O)c1-c1ccccc1. The lowest BCUT2D eigenvalue weighted by molar-refractivity contribution is 0.373. The lowest BCUT2D eigenvalue weighted by Crippen LogP contribution is -2.05. The molecule has 2 aromatic carbocycles. The third-order valence-electron chi connectivity index (χ3n) is 3.93. The van der Waals surface area contributed by atoms with Crippen LogP contribution in [0.4, 0.5) is 0 Å². The predicted octanol–water partition coefficient (Wildman–Crippen LogP) is 4.89. The third kappa shape index (κ3) is 3.00. The van der Waals surface area contributed by atoms with E-state index >= 15 is 0 Å². The predicted molar refractivity (Wildman–Crippen MR) is 94.3 cm³/mol. The first-order valence-electron chi connectivity index (χ1n) is 7.99. The summed E-state index contributed by atoms with van der Waals surface area (Å²) in [7, 11) is 0. The normalized spacial score (nSPS) is 11.1. The molecule has 3 aromatic rings. The summed E-state index contributed by atoms with van der Waals surface area (Å²) in [6.07, 6.45) is 0. The Morgan fingerprint density at radius 3 is 2.30 bits per heavy atom. The molecule has 3 nitrogen and oxygen atoms in total. The topological polar surface area (TPSA) is 38.0 Å². The summed E-state index contributed by atoms with van der Waals surface area (Å²) in [5.41, 5.74) is 4.84. The first-order valence-corrected chi connectivity index (χ1v) is 7.99. The highest BCUT2D eigenvalue weighted by atomic mass is 16.3. The van der Waals surface area contributed by atoms with Gasteiger partial charge >= 0.3 is 0 Å². The standard InChI is InChI=1S/C20H22N2O/c1-14(2)13-22-20(23)18(16-10-5-4-6-11-16)19(21-22)17-12-8-7-9-15(17)3/h4-12,14,23H,13H2,1-3H3. The van der Waals surface area contributed by atoms with Crippen LogP contribution in [0.2, 0.25) is 0 Å². The molecule has 0 bridgehead atoms. The van der Waals surface area contributed by atoms with Crippen molar-refractivity contribution in [1.29, 1.82) is 0 Å². The zero-order valence-electron chi connectivity index (χ0n) is 13.8. The molecule has 0 fully saturated rings. The molecular weight excluding hydrogens is 284 g/mol. The molecule has 0 aliphatic heterocycles. The maximum absolute atomic E-state index is 10.8. The van der Waals surface area contributed by atoms with Crippen LogP contribution in [0.1, 0.15) is 19.4 Å². The van der Waals surface area contributed by atoms with E-state index in [9.17, 15) is 5.11 Å². The Kier molecular flexibility index (Phi) is 4.20. The molecule has 0 radical (unpaired) electrons. The molecule has 1 N–H and O–H groups in total. The van der Waals surface area contributed by atoms with Crippen LogP contribution in [0.5, 0.6) is 5.88 Å². The zero-order chi connectivity index (χ0) is 16.4. The molecule has 3 heteroatoms. The van der Waals surface area contributed by atoms with E-state index in [2.05, 4.69) is 32.9 Å². The second-order valence-corrected chi connectivity index (χ2v) is 6.30. The lowest BCUT2D eigenvalue weighted by Gasteiger charge is -2.06. The van der Waals surface area contributed by atoms with Crippen molar-refractivity contribution in [2.75, 3.05) is 0 Å². The summed E-state index contributed by atoms with van der Waals surface area (Å²) in [6.45, 7) is 7.01. The molecule has 1 aromatic heterocycles. The first-order chi connectivity index (χ1) is 11.1. The summed E-state index contributed by atoms with van der Waals surface area (Å²) in [5, 5.41) is 15.5. The van der Waals surface area contributed by atoms with E-state index in [-0.39, 0.29) is 5.88 Å². The molecular formula is C20H22N2O. The van der Waals surface area contributed by atoms with Gasteiger partial charge in [0.05, 0.1) is 5.56 Å². The van der Waals surface area contributed by atoms with Gasteiger partial charge in [0.2, 0.25) is 5.88 Å². The summed E-state index contributed by atoms with van der Waals surface area (Å²) >= 11 is 0. The minimum atomic E-state index is 0.239. The van der Waals surface area contributed by atoms with Gasteiger partial charge in [-0.15, -0.1) is 0 Å². The van der Waals surface area contributed by atoms with E-state index in [0.29, 0.717) is 12.5 Å². The molecule has 0 saturated carbocycles. The van der Waals surface area contributed by atoms with Gasteiger partial charge in [0, 0.05) is 12.1 Å². The van der Waals surface area contributed by atoms with Crippen molar-refractivity contribution in [3.05, 3.63) is 60.2 Å². The number of benzene rings is 2. The van der Waals surface area contributed by atoms with Gasteiger partial charge < -0.3 is 5.11 Å². The molecule has 0 aliphatic rings. The monoisotopic (exact) mass is 306 g/mol. The largest absolute Gasteiger partial charge is 0.493 e. The van der Waals surface area contributed by atoms with Gasteiger partial charge in [0.25, 0.3) is 0 Å². The smallest absolute Gasteiger partial charge is 0.218 e. The highest BCUT2D eigenvalue weighted by Gasteiger charge is 2.21. The van der Waals surface area contributed by atoms with Crippen molar-refractivity contribution in [2.45, 2.75) is 27.3 Å². The van der Waals surface area contributed by atoms with E-state index in [0.717, 1.165) is 27.9 Å². The molecule has 0 saturated heterocycles. The van der Waals surface area contributed by atoms with E-state index < -0.39 is 0 Å². The Balaban J connectivity index is 2.24. The average Bonchev–Trinajstić information content (AvgIpc) is 2.84. The van der Waals surface area contributed by atoms with Crippen LogP contribution in [0, 0.1) is 12.8 Å². The van der Waals surface area contributed by atoms with Gasteiger partial charge in [-0.05, 0) is 24.0 Å². The van der Waals surface area contributed by atoms with Gasteiger partial charge in [-0.25, -0.2) is 4.68 Å². The Bertz CT molecular complexity index is 804. The summed E-state index contributed by atoms with van der Waals surface area (Å²) in [4.78, 5) is 0. The summed E-state index contributed by atoms with van der Waals surface area (Å²) in [5.74, 6) is 0.650. The van der Waals surface area contributed by atoms with Crippen LogP contribution in [-0.2, 0) is 6.54 Å². The number of hydrogen-bond donors (Lipinski definition) is 1. The molecule has 23 heavy (non-hydrogen) atoms. The maximum Gasteiger partial charge on any atom is 0.218 e. The summed E-state index contributed by atoms with van der Waals surface area (Å²) in [6, 6.07) is 18.1. The fraction of sp³-hybridized carbons (Fsp3) is 0.250. The maximum atomic E-state index is 10.8. The molecule has 0 unspecified atom stereocenters. The molecule has 118 valence electrons. The fourth-order valence-corrected chi connectivity index (χ4v) is 2.82. The molecule has 0 amide bonds. The quantitative estimate of drug-likeness (QED) is 0.745. The van der Waals surface area contributed by atoms with E-state index in [1.807, 2.05) is 42.5 Å². The Morgan fingerprint density at radius 1 is 1.00 bits per heavy atom. The Labute approximate surface area is 137 Å². The van der Waals surface area contributed by atoms with Crippen molar-refractivity contribution in [1.82, 2.24) is 9.78 Å². The van der Waals surface area contributed by atoms with Crippen LogP contribution in [0.15, 0.2) is 54.6 Å². The minimum absolute atomic E-state index is 0.239. The van der Waals surface area contributed by atoms with E-state index in [1.54, 1.807) is 4.68 Å². The number of aromatic nitrogens is 2.